The van der Waals surface area contributed by atoms with E-state index < -0.39 is 0 Å². The van der Waals surface area contributed by atoms with Crippen LogP contribution in [-0.4, -0.2) is 12.3 Å². The Balaban J connectivity index is 1.95. The molecule has 1 heterocycles. The van der Waals surface area contributed by atoms with Crippen molar-refractivity contribution in [2.45, 2.75) is 128 Å². The molecule has 0 aromatic heterocycles. The van der Waals surface area contributed by atoms with Gasteiger partial charge in [-0.25, -0.2) is 0 Å². The second-order valence-corrected chi connectivity index (χ2v) is 8.50. The Morgan fingerprint density at radius 2 is 1.04 bits per heavy atom. The molecule has 26 heavy (non-hydrogen) atoms. The second kappa shape index (κ2) is 15.3. The number of nitrogens with one attached hydrogen (secondary N) is 1. The Morgan fingerprint density at radius 3 is 1.69 bits per heavy atom. The number of hydrogen-bond acceptors (Lipinski definition) is 2. The van der Waals surface area contributed by atoms with Gasteiger partial charge in [0.1, 0.15) is 0 Å². The van der Waals surface area contributed by atoms with E-state index in [2.05, 4.69) is 11.5 Å². The minimum atomic E-state index is 1.05. The van der Waals surface area contributed by atoms with Crippen molar-refractivity contribution in [1.29, 1.82) is 0 Å². The maximum Gasteiger partial charge on any atom is 0.0631 e. The summed E-state index contributed by atoms with van der Waals surface area (Å²) < 4.78 is 0. The van der Waals surface area contributed by atoms with Gasteiger partial charge in [0.05, 0.1) is 5.71 Å². The van der Waals surface area contributed by atoms with Crippen LogP contribution in [-0.2, 0) is 0 Å². The molecule has 0 amide bonds. The van der Waals surface area contributed by atoms with Crippen molar-refractivity contribution in [2.75, 3.05) is 6.54 Å². The summed E-state index contributed by atoms with van der Waals surface area (Å²) >= 11 is 0. The van der Waals surface area contributed by atoms with Gasteiger partial charge in [-0.2, -0.15) is 5.10 Å². The molecule has 0 radical (unpaired) electrons. The van der Waals surface area contributed by atoms with Crippen molar-refractivity contribution in [3.63, 3.8) is 0 Å². The average molecular weight is 361 g/mol. The molecule has 150 valence electrons. The summed E-state index contributed by atoms with van der Waals surface area (Å²) in [7, 11) is 0. The first-order valence-electron chi connectivity index (χ1n) is 12.0. The standard InChI is InChI=1S/C24H44N2/c1-2-4-8-12-16-20-23(19-15-11-7-3-1)24-21-17-13-9-5-6-10-14-18-22-25-26-24/h19,25H,1-18,20-22H2. The maximum absolute atomic E-state index is 4.90. The van der Waals surface area contributed by atoms with Crippen molar-refractivity contribution >= 4 is 5.71 Å². The van der Waals surface area contributed by atoms with Gasteiger partial charge in [0.25, 0.3) is 0 Å². The highest BCUT2D eigenvalue weighted by Gasteiger charge is 2.09. The molecule has 0 bridgehead atoms. The fourth-order valence-electron chi connectivity index (χ4n) is 4.33. The lowest BCUT2D eigenvalue weighted by Gasteiger charge is -2.13. The highest BCUT2D eigenvalue weighted by atomic mass is 15.3. The molecule has 1 N–H and O–H groups in total. The van der Waals surface area contributed by atoms with Gasteiger partial charge in [-0.1, -0.05) is 89.5 Å². The molecule has 0 aromatic carbocycles. The molecule has 2 heteroatoms. The number of allylic oxidation sites excluding steroid dienone is 2. The summed E-state index contributed by atoms with van der Waals surface area (Å²) in [5.74, 6) is 0. The summed E-state index contributed by atoms with van der Waals surface area (Å²) in [6, 6.07) is 0. The summed E-state index contributed by atoms with van der Waals surface area (Å²) in [5.41, 5.74) is 6.38. The monoisotopic (exact) mass is 360 g/mol. The highest BCUT2D eigenvalue weighted by Crippen LogP contribution is 2.20. The van der Waals surface area contributed by atoms with Crippen LogP contribution >= 0.6 is 0 Å². The molecule has 0 spiro atoms. The average Bonchev–Trinajstić information content (AvgIpc) is 2.70. The predicted molar refractivity (Wildman–Crippen MR) is 116 cm³/mol. The van der Waals surface area contributed by atoms with Gasteiger partial charge >= 0.3 is 0 Å². The van der Waals surface area contributed by atoms with E-state index in [0.717, 1.165) is 6.54 Å². The van der Waals surface area contributed by atoms with Gasteiger partial charge in [-0.15, -0.1) is 0 Å². The van der Waals surface area contributed by atoms with E-state index in [9.17, 15) is 0 Å². The highest BCUT2D eigenvalue weighted by molar-refractivity contribution is 5.99. The molecular weight excluding hydrogens is 316 g/mol. The second-order valence-electron chi connectivity index (χ2n) is 8.50. The van der Waals surface area contributed by atoms with Crippen molar-refractivity contribution in [2.24, 2.45) is 5.10 Å². The first-order valence-corrected chi connectivity index (χ1v) is 12.0. The van der Waals surface area contributed by atoms with Crippen LogP contribution < -0.4 is 5.43 Å². The summed E-state index contributed by atoms with van der Waals surface area (Å²) in [6.07, 6.45) is 30.0. The normalized spacial score (nSPS) is 24.0. The zero-order valence-electron chi connectivity index (χ0n) is 17.4. The fraction of sp³-hybridized carbons (Fsp3) is 0.875. The quantitative estimate of drug-likeness (QED) is 0.509. The number of hydrazone groups is 1. The molecule has 0 unspecified atom stereocenters. The lowest BCUT2D eigenvalue weighted by molar-refractivity contribution is 0.563. The van der Waals surface area contributed by atoms with Gasteiger partial charge < -0.3 is 5.43 Å². The molecule has 0 fully saturated rings. The van der Waals surface area contributed by atoms with E-state index >= 15 is 0 Å². The van der Waals surface area contributed by atoms with Gasteiger partial charge in [0.2, 0.25) is 0 Å². The predicted octanol–water partition coefficient (Wildman–Crippen LogP) is 7.69. The van der Waals surface area contributed by atoms with Crippen LogP contribution in [0.1, 0.15) is 128 Å². The minimum Gasteiger partial charge on any atom is -0.310 e. The van der Waals surface area contributed by atoms with E-state index in [-0.39, 0.29) is 0 Å². The molecule has 2 nitrogen and oxygen atoms in total. The minimum absolute atomic E-state index is 1.05. The van der Waals surface area contributed by atoms with E-state index in [4.69, 9.17) is 5.10 Å². The van der Waals surface area contributed by atoms with E-state index in [1.807, 2.05) is 0 Å². The fourth-order valence-corrected chi connectivity index (χ4v) is 4.33. The van der Waals surface area contributed by atoms with Crippen molar-refractivity contribution < 1.29 is 0 Å². The topological polar surface area (TPSA) is 24.4 Å². The van der Waals surface area contributed by atoms with E-state index in [1.165, 1.54) is 134 Å². The van der Waals surface area contributed by atoms with Crippen molar-refractivity contribution in [3.05, 3.63) is 11.6 Å². The molecule has 1 aliphatic heterocycles. The Bertz CT molecular complexity index is 359. The number of rotatable bonds is 1. The van der Waals surface area contributed by atoms with Crippen LogP contribution in [0.3, 0.4) is 0 Å². The lowest BCUT2D eigenvalue weighted by Crippen LogP contribution is -2.14. The number of nitrogens with zero attached hydrogens (tertiary/aromatic N) is 1. The van der Waals surface area contributed by atoms with Crippen LogP contribution in [0, 0.1) is 0 Å². The smallest absolute Gasteiger partial charge is 0.0631 e. The van der Waals surface area contributed by atoms with Gasteiger partial charge in [-0.3, -0.25) is 0 Å². The molecular formula is C24H44N2. The Labute approximate surface area is 163 Å². The van der Waals surface area contributed by atoms with Crippen molar-refractivity contribution in [1.82, 2.24) is 5.43 Å². The van der Waals surface area contributed by atoms with Crippen LogP contribution in [0.5, 0.6) is 0 Å². The third-order valence-corrected chi connectivity index (χ3v) is 6.08. The molecule has 0 aromatic rings. The van der Waals surface area contributed by atoms with Gasteiger partial charge in [0, 0.05) is 6.54 Å². The zero-order valence-corrected chi connectivity index (χ0v) is 17.4. The molecule has 2 aliphatic rings. The van der Waals surface area contributed by atoms with Crippen LogP contribution in [0.25, 0.3) is 0 Å². The first kappa shape index (κ1) is 21.5. The van der Waals surface area contributed by atoms with Crippen LogP contribution in [0.15, 0.2) is 16.8 Å². The first-order chi connectivity index (χ1) is 13.0. The summed E-state index contributed by atoms with van der Waals surface area (Å²) in [6.45, 7) is 1.05. The molecule has 0 saturated carbocycles. The van der Waals surface area contributed by atoms with E-state index in [1.54, 1.807) is 5.57 Å². The Morgan fingerprint density at radius 1 is 0.538 bits per heavy atom. The Hall–Kier alpha value is -0.790. The van der Waals surface area contributed by atoms with Crippen LogP contribution in [0.4, 0.5) is 0 Å². The molecule has 2 rings (SSSR count). The summed E-state index contributed by atoms with van der Waals surface area (Å²) in [5, 5.41) is 4.90. The zero-order chi connectivity index (χ0) is 18.1. The largest absolute Gasteiger partial charge is 0.310 e. The van der Waals surface area contributed by atoms with Gasteiger partial charge in [0.15, 0.2) is 0 Å². The molecule has 0 saturated heterocycles. The maximum atomic E-state index is 4.90. The van der Waals surface area contributed by atoms with Crippen molar-refractivity contribution in [3.8, 4) is 0 Å². The molecule has 1 aliphatic carbocycles. The third-order valence-electron chi connectivity index (χ3n) is 6.08. The van der Waals surface area contributed by atoms with Gasteiger partial charge in [-0.05, 0) is 50.5 Å². The van der Waals surface area contributed by atoms with E-state index in [0.29, 0.717) is 0 Å². The SMILES string of the molecule is C1=C(C2=NNCCCCCCCCCC2)CCCCCCCCCCC1. The lowest BCUT2D eigenvalue weighted by atomic mass is 9.96. The van der Waals surface area contributed by atoms with Crippen LogP contribution in [0.2, 0.25) is 0 Å². The third kappa shape index (κ3) is 10.4. The Kier molecular flexibility index (Phi) is 12.6. The number of hydrogen-bond donors (Lipinski definition) is 1. The molecule has 0 atom stereocenters. The summed E-state index contributed by atoms with van der Waals surface area (Å²) in [4.78, 5) is 0.